The average molecular weight is 292 g/mol. The Bertz CT molecular complexity index is 730. The number of aliphatic hydroxyl groups excluding tert-OH is 1. The van der Waals surface area contributed by atoms with Crippen LogP contribution in [-0.2, 0) is 17.9 Å². The van der Waals surface area contributed by atoms with E-state index in [1.807, 2.05) is 30.3 Å². The minimum absolute atomic E-state index is 0.0527. The van der Waals surface area contributed by atoms with Crippen molar-refractivity contribution in [1.29, 1.82) is 5.26 Å². The fourth-order valence-electron chi connectivity index (χ4n) is 2.01. The summed E-state index contributed by atoms with van der Waals surface area (Å²) >= 11 is 0. The summed E-state index contributed by atoms with van der Waals surface area (Å²) in [6.45, 7) is 0.307. The fraction of sp³-hybridized carbons (Fsp3) is 0.111. The molecule has 0 aliphatic rings. The van der Waals surface area contributed by atoms with Gasteiger partial charge in [0.05, 0.1) is 18.2 Å². The first kappa shape index (κ1) is 15.5. The van der Waals surface area contributed by atoms with Crippen LogP contribution >= 0.6 is 0 Å². The van der Waals surface area contributed by atoms with Gasteiger partial charge in [0.15, 0.2) is 0 Å². The Morgan fingerprint density at radius 2 is 1.95 bits per heavy atom. The molecule has 110 valence electrons. The SMILES string of the molecule is N#Cc1cccc(/C=C/C(=O)NCc2ccccc2CO)c1. The number of nitrogens with zero attached hydrogens (tertiary/aromatic N) is 1. The number of hydrogen-bond donors (Lipinski definition) is 2. The summed E-state index contributed by atoms with van der Waals surface area (Å²) in [7, 11) is 0. The van der Waals surface area contributed by atoms with Crippen molar-refractivity contribution in [2.75, 3.05) is 0 Å². The normalized spacial score (nSPS) is 10.4. The highest BCUT2D eigenvalue weighted by molar-refractivity contribution is 5.91. The number of aliphatic hydroxyl groups is 1. The van der Waals surface area contributed by atoms with Crippen LogP contribution in [0.5, 0.6) is 0 Å². The highest BCUT2D eigenvalue weighted by atomic mass is 16.3. The zero-order valence-electron chi connectivity index (χ0n) is 12.0. The van der Waals surface area contributed by atoms with Crippen LogP contribution in [-0.4, -0.2) is 11.0 Å². The molecule has 2 aromatic carbocycles. The molecular formula is C18H16N2O2. The molecule has 2 rings (SSSR count). The topological polar surface area (TPSA) is 73.1 Å². The molecule has 0 heterocycles. The van der Waals surface area contributed by atoms with Gasteiger partial charge < -0.3 is 10.4 Å². The van der Waals surface area contributed by atoms with Crippen molar-refractivity contribution in [3.63, 3.8) is 0 Å². The zero-order chi connectivity index (χ0) is 15.8. The van der Waals surface area contributed by atoms with E-state index in [-0.39, 0.29) is 12.5 Å². The van der Waals surface area contributed by atoms with Crippen molar-refractivity contribution in [2.24, 2.45) is 0 Å². The van der Waals surface area contributed by atoms with E-state index in [0.717, 1.165) is 16.7 Å². The Morgan fingerprint density at radius 3 is 2.68 bits per heavy atom. The molecule has 0 aromatic heterocycles. The molecule has 0 aliphatic carbocycles. The molecule has 0 bridgehead atoms. The standard InChI is InChI=1S/C18H16N2O2/c19-11-15-5-3-4-14(10-15)8-9-18(22)20-12-16-6-1-2-7-17(16)13-21/h1-10,21H,12-13H2,(H,20,22)/b9-8+. The molecule has 22 heavy (non-hydrogen) atoms. The Balaban J connectivity index is 1.95. The van der Waals surface area contributed by atoms with Gasteiger partial charge in [-0.25, -0.2) is 0 Å². The van der Waals surface area contributed by atoms with Gasteiger partial charge >= 0.3 is 0 Å². The summed E-state index contributed by atoms with van der Waals surface area (Å²) in [5, 5.41) is 20.8. The largest absolute Gasteiger partial charge is 0.392 e. The first-order chi connectivity index (χ1) is 10.7. The maximum Gasteiger partial charge on any atom is 0.244 e. The minimum atomic E-state index is -0.227. The lowest BCUT2D eigenvalue weighted by molar-refractivity contribution is -0.116. The highest BCUT2D eigenvalue weighted by Crippen LogP contribution is 2.08. The lowest BCUT2D eigenvalue weighted by Crippen LogP contribution is -2.21. The van der Waals surface area contributed by atoms with Crippen LogP contribution in [0.2, 0.25) is 0 Å². The van der Waals surface area contributed by atoms with Crippen LogP contribution in [0.1, 0.15) is 22.3 Å². The Kier molecular flexibility index (Phi) is 5.47. The summed E-state index contributed by atoms with van der Waals surface area (Å²) in [6, 6.07) is 16.5. The van der Waals surface area contributed by atoms with Gasteiger partial charge in [0.25, 0.3) is 0 Å². The van der Waals surface area contributed by atoms with E-state index in [1.54, 1.807) is 24.3 Å². The van der Waals surface area contributed by atoms with Gasteiger partial charge in [0, 0.05) is 12.6 Å². The molecule has 2 aromatic rings. The van der Waals surface area contributed by atoms with Gasteiger partial charge in [-0.05, 0) is 34.9 Å². The Morgan fingerprint density at radius 1 is 1.18 bits per heavy atom. The molecule has 2 N–H and O–H groups in total. The average Bonchev–Trinajstić information content (AvgIpc) is 2.58. The highest BCUT2D eigenvalue weighted by Gasteiger charge is 2.02. The van der Waals surface area contributed by atoms with E-state index in [2.05, 4.69) is 11.4 Å². The predicted molar refractivity (Wildman–Crippen MR) is 84.4 cm³/mol. The number of rotatable bonds is 5. The number of amides is 1. The van der Waals surface area contributed by atoms with Crippen molar-refractivity contribution in [2.45, 2.75) is 13.2 Å². The quantitative estimate of drug-likeness (QED) is 0.831. The van der Waals surface area contributed by atoms with Gasteiger partial charge in [0.1, 0.15) is 0 Å². The van der Waals surface area contributed by atoms with E-state index < -0.39 is 0 Å². The van der Waals surface area contributed by atoms with Gasteiger partial charge in [-0.2, -0.15) is 5.26 Å². The number of carbonyl (C=O) groups is 1. The number of nitriles is 1. The molecule has 0 saturated carbocycles. The monoisotopic (exact) mass is 292 g/mol. The van der Waals surface area contributed by atoms with Gasteiger partial charge in [-0.1, -0.05) is 36.4 Å². The van der Waals surface area contributed by atoms with Crippen molar-refractivity contribution in [1.82, 2.24) is 5.32 Å². The fourth-order valence-corrected chi connectivity index (χ4v) is 2.01. The van der Waals surface area contributed by atoms with Gasteiger partial charge in [0.2, 0.25) is 5.91 Å². The van der Waals surface area contributed by atoms with E-state index in [9.17, 15) is 9.90 Å². The van der Waals surface area contributed by atoms with Crippen LogP contribution in [0.4, 0.5) is 0 Å². The zero-order valence-corrected chi connectivity index (χ0v) is 12.0. The molecule has 0 unspecified atom stereocenters. The van der Waals surface area contributed by atoms with E-state index in [0.29, 0.717) is 12.1 Å². The maximum absolute atomic E-state index is 11.8. The smallest absolute Gasteiger partial charge is 0.244 e. The molecule has 0 atom stereocenters. The predicted octanol–water partition coefficient (Wildman–Crippen LogP) is 2.38. The molecule has 0 saturated heterocycles. The first-order valence-electron chi connectivity index (χ1n) is 6.86. The number of benzene rings is 2. The van der Waals surface area contributed by atoms with Crippen LogP contribution in [0.25, 0.3) is 6.08 Å². The van der Waals surface area contributed by atoms with E-state index in [4.69, 9.17) is 5.26 Å². The summed E-state index contributed by atoms with van der Waals surface area (Å²) in [4.78, 5) is 11.8. The molecule has 4 heteroatoms. The second kappa shape index (κ2) is 7.77. The molecule has 1 amide bonds. The summed E-state index contributed by atoms with van der Waals surface area (Å²) in [6.07, 6.45) is 3.09. The van der Waals surface area contributed by atoms with Gasteiger partial charge in [-0.15, -0.1) is 0 Å². The Labute approximate surface area is 129 Å². The molecule has 0 radical (unpaired) electrons. The number of hydrogen-bond acceptors (Lipinski definition) is 3. The van der Waals surface area contributed by atoms with Crippen molar-refractivity contribution >= 4 is 12.0 Å². The van der Waals surface area contributed by atoms with Crippen LogP contribution in [0, 0.1) is 11.3 Å². The van der Waals surface area contributed by atoms with Gasteiger partial charge in [-0.3, -0.25) is 4.79 Å². The minimum Gasteiger partial charge on any atom is -0.392 e. The second-order valence-electron chi connectivity index (χ2n) is 4.72. The van der Waals surface area contributed by atoms with E-state index in [1.165, 1.54) is 6.08 Å². The number of nitrogens with one attached hydrogen (secondary N) is 1. The van der Waals surface area contributed by atoms with Crippen molar-refractivity contribution in [3.8, 4) is 6.07 Å². The third-order valence-corrected chi connectivity index (χ3v) is 3.18. The first-order valence-corrected chi connectivity index (χ1v) is 6.86. The van der Waals surface area contributed by atoms with Crippen LogP contribution < -0.4 is 5.32 Å². The molecule has 0 fully saturated rings. The molecule has 4 nitrogen and oxygen atoms in total. The van der Waals surface area contributed by atoms with E-state index >= 15 is 0 Å². The van der Waals surface area contributed by atoms with Crippen molar-refractivity contribution < 1.29 is 9.90 Å². The summed E-state index contributed by atoms with van der Waals surface area (Å²) in [5.41, 5.74) is 3.04. The maximum atomic E-state index is 11.8. The van der Waals surface area contributed by atoms with Crippen LogP contribution in [0.3, 0.4) is 0 Å². The molecule has 0 aliphatic heterocycles. The Hall–Kier alpha value is -2.90. The molecular weight excluding hydrogens is 276 g/mol. The summed E-state index contributed by atoms with van der Waals surface area (Å²) in [5.74, 6) is -0.227. The number of carbonyl (C=O) groups excluding carboxylic acids is 1. The third-order valence-electron chi connectivity index (χ3n) is 3.18. The summed E-state index contributed by atoms with van der Waals surface area (Å²) < 4.78 is 0. The second-order valence-corrected chi connectivity index (χ2v) is 4.72. The lowest BCUT2D eigenvalue weighted by atomic mass is 10.1. The lowest BCUT2D eigenvalue weighted by Gasteiger charge is -2.07. The third kappa shape index (κ3) is 4.30. The van der Waals surface area contributed by atoms with Crippen LogP contribution in [0.15, 0.2) is 54.6 Å². The van der Waals surface area contributed by atoms with Crippen molar-refractivity contribution in [3.05, 3.63) is 76.9 Å². The molecule has 0 spiro atoms.